The van der Waals surface area contributed by atoms with Gasteiger partial charge >= 0.3 is 0 Å². The van der Waals surface area contributed by atoms with Gasteiger partial charge < -0.3 is 25.4 Å². The predicted octanol–water partition coefficient (Wildman–Crippen LogP) is 5.16. The molecule has 2 fully saturated rings. The van der Waals surface area contributed by atoms with Crippen LogP contribution < -0.4 is 10.6 Å². The van der Waals surface area contributed by atoms with Crippen molar-refractivity contribution in [2.24, 2.45) is 11.8 Å². The molecular weight excluding hydrogens is 612 g/mol. The van der Waals surface area contributed by atoms with Gasteiger partial charge in [-0.2, -0.15) is 0 Å². The maximum absolute atomic E-state index is 13.9. The van der Waals surface area contributed by atoms with Crippen LogP contribution in [0.4, 0.5) is 0 Å². The van der Waals surface area contributed by atoms with E-state index < -0.39 is 24.1 Å². The molecule has 2 aromatic rings. The average Bonchev–Trinajstić information content (AvgIpc) is 3.11. The molecule has 47 heavy (non-hydrogen) atoms. The molecule has 2 heterocycles. The summed E-state index contributed by atoms with van der Waals surface area (Å²) in [4.78, 5) is 47.2. The van der Waals surface area contributed by atoms with Gasteiger partial charge in [0.2, 0.25) is 17.7 Å². The number of ether oxygens (including phenoxy) is 1. The van der Waals surface area contributed by atoms with E-state index in [-0.39, 0.29) is 24.1 Å². The van der Waals surface area contributed by atoms with E-state index in [0.29, 0.717) is 57.2 Å². The molecule has 0 radical (unpaired) electrons. The topological polar surface area (TPSA) is 121 Å². The van der Waals surface area contributed by atoms with Gasteiger partial charge in [-0.25, -0.2) is 4.98 Å². The van der Waals surface area contributed by atoms with Crippen molar-refractivity contribution < 1.29 is 24.2 Å². The third kappa shape index (κ3) is 12.9. The summed E-state index contributed by atoms with van der Waals surface area (Å²) in [6.07, 6.45) is 10.7. The van der Waals surface area contributed by atoms with E-state index in [4.69, 9.17) is 4.74 Å². The standard InChI is InChI=1S/C37H54N4O5S/c1-2-3-16-31(39-36(44)30(25-28-12-6-4-7-13-28)27-35(43)41-20-22-46-23-21-41)37(45)40-32(26-29-14-8-5-9-15-29)33(42)18-24-47-34-17-10-11-19-38-34/h4,6-7,10-13,17,19,29-33,42H,2-3,5,8-9,14-16,18,20-27H2,1H3,(H,39,44)(H,40,45)/t30?,31-,32-,33-/m0/s1. The van der Waals surface area contributed by atoms with Gasteiger partial charge in [-0.1, -0.05) is 88.3 Å². The summed E-state index contributed by atoms with van der Waals surface area (Å²) < 4.78 is 5.41. The number of aromatic nitrogens is 1. The van der Waals surface area contributed by atoms with Crippen LogP contribution in [0.25, 0.3) is 0 Å². The van der Waals surface area contributed by atoms with Gasteiger partial charge in [0.05, 0.1) is 36.3 Å². The molecule has 3 N–H and O–H groups in total. The highest BCUT2D eigenvalue weighted by atomic mass is 32.2. The predicted molar refractivity (Wildman–Crippen MR) is 186 cm³/mol. The van der Waals surface area contributed by atoms with E-state index >= 15 is 0 Å². The first-order chi connectivity index (χ1) is 22.9. The average molecular weight is 667 g/mol. The van der Waals surface area contributed by atoms with Crippen LogP contribution >= 0.6 is 11.8 Å². The largest absolute Gasteiger partial charge is 0.391 e. The quantitative estimate of drug-likeness (QED) is 0.188. The minimum atomic E-state index is -0.747. The number of hydrogen-bond donors (Lipinski definition) is 3. The Morgan fingerprint density at radius 1 is 0.979 bits per heavy atom. The summed E-state index contributed by atoms with van der Waals surface area (Å²) in [5, 5.41) is 18.5. The zero-order valence-corrected chi connectivity index (χ0v) is 28.8. The number of aliphatic hydroxyl groups is 1. The van der Waals surface area contributed by atoms with Gasteiger partial charge in [0.25, 0.3) is 0 Å². The van der Waals surface area contributed by atoms with Gasteiger partial charge in [0, 0.05) is 31.5 Å². The second kappa shape index (κ2) is 20.4. The Kier molecular flexibility index (Phi) is 16.0. The number of pyridine rings is 1. The summed E-state index contributed by atoms with van der Waals surface area (Å²) >= 11 is 1.60. The Morgan fingerprint density at radius 2 is 1.72 bits per heavy atom. The number of rotatable bonds is 18. The van der Waals surface area contributed by atoms with E-state index in [9.17, 15) is 19.5 Å². The molecule has 2 aliphatic rings. The van der Waals surface area contributed by atoms with E-state index in [1.165, 1.54) is 19.3 Å². The van der Waals surface area contributed by atoms with Crippen LogP contribution in [0.15, 0.2) is 59.8 Å². The molecule has 1 saturated heterocycles. The Labute approximate surface area is 285 Å². The number of amides is 3. The highest BCUT2D eigenvalue weighted by Gasteiger charge is 2.32. The summed E-state index contributed by atoms with van der Waals surface area (Å²) in [6, 6.07) is 14.4. The summed E-state index contributed by atoms with van der Waals surface area (Å²) in [6.45, 7) is 4.09. The molecule has 9 nitrogen and oxygen atoms in total. The monoisotopic (exact) mass is 666 g/mol. The van der Waals surface area contributed by atoms with Gasteiger partial charge in [-0.15, -0.1) is 11.8 Å². The Bertz CT molecular complexity index is 1210. The number of aliphatic hydroxyl groups excluding tert-OH is 1. The van der Waals surface area contributed by atoms with E-state index in [1.54, 1.807) is 22.9 Å². The Hall–Kier alpha value is -2.95. The fourth-order valence-electron chi connectivity index (χ4n) is 6.57. The lowest BCUT2D eigenvalue weighted by Crippen LogP contribution is -2.54. The number of nitrogens with one attached hydrogen (secondary N) is 2. The minimum Gasteiger partial charge on any atom is -0.391 e. The summed E-state index contributed by atoms with van der Waals surface area (Å²) in [5.74, 6) is -0.0963. The van der Waals surface area contributed by atoms with Gasteiger partial charge in [-0.05, 0) is 49.3 Å². The zero-order chi connectivity index (χ0) is 33.3. The molecule has 4 atom stereocenters. The van der Waals surface area contributed by atoms with Crippen LogP contribution in [0.1, 0.15) is 83.1 Å². The smallest absolute Gasteiger partial charge is 0.242 e. The molecular formula is C37H54N4O5S. The van der Waals surface area contributed by atoms with Gasteiger partial charge in [0.1, 0.15) is 6.04 Å². The van der Waals surface area contributed by atoms with Crippen LogP contribution in [-0.2, 0) is 25.5 Å². The molecule has 10 heteroatoms. The van der Waals surface area contributed by atoms with Crippen LogP contribution in [0.5, 0.6) is 0 Å². The molecule has 4 rings (SSSR count). The minimum absolute atomic E-state index is 0.0692. The molecule has 0 bridgehead atoms. The molecule has 1 aromatic carbocycles. The molecule has 1 aromatic heterocycles. The van der Waals surface area contributed by atoms with Crippen LogP contribution in [0, 0.1) is 11.8 Å². The van der Waals surface area contributed by atoms with Crippen molar-refractivity contribution in [2.45, 2.75) is 107 Å². The van der Waals surface area contributed by atoms with Crippen LogP contribution in [0.3, 0.4) is 0 Å². The number of morpholine rings is 1. The van der Waals surface area contributed by atoms with Gasteiger partial charge in [0.15, 0.2) is 0 Å². The van der Waals surface area contributed by atoms with Crippen molar-refractivity contribution in [3.8, 4) is 0 Å². The lowest BCUT2D eigenvalue weighted by Gasteiger charge is -2.32. The first-order valence-electron chi connectivity index (χ1n) is 17.6. The normalized spacial score (nSPS) is 18.1. The number of hydrogen-bond acceptors (Lipinski definition) is 7. The molecule has 0 spiro atoms. The summed E-state index contributed by atoms with van der Waals surface area (Å²) in [5.41, 5.74) is 0.969. The van der Waals surface area contributed by atoms with Crippen LogP contribution in [0.2, 0.25) is 0 Å². The molecule has 3 amide bonds. The number of benzene rings is 1. The first kappa shape index (κ1) is 36.9. The van der Waals surface area contributed by atoms with Crippen molar-refractivity contribution >= 4 is 29.5 Å². The van der Waals surface area contributed by atoms with Crippen molar-refractivity contribution in [1.29, 1.82) is 0 Å². The zero-order valence-electron chi connectivity index (χ0n) is 28.0. The van der Waals surface area contributed by atoms with E-state index in [2.05, 4.69) is 22.5 Å². The van der Waals surface area contributed by atoms with E-state index in [1.807, 2.05) is 48.5 Å². The maximum atomic E-state index is 13.9. The fourth-order valence-corrected chi connectivity index (χ4v) is 7.45. The van der Waals surface area contributed by atoms with Crippen LogP contribution in [-0.4, -0.2) is 83.0 Å². The third-order valence-electron chi connectivity index (χ3n) is 9.37. The molecule has 1 aliphatic heterocycles. The second-order valence-corrected chi connectivity index (χ2v) is 14.1. The fraction of sp³-hybridized carbons (Fsp3) is 0.622. The van der Waals surface area contributed by atoms with Crippen molar-refractivity contribution in [3.05, 3.63) is 60.3 Å². The number of thioether (sulfide) groups is 1. The molecule has 1 aliphatic carbocycles. The number of nitrogens with zero attached hydrogens (tertiary/aromatic N) is 2. The Morgan fingerprint density at radius 3 is 2.43 bits per heavy atom. The highest BCUT2D eigenvalue weighted by molar-refractivity contribution is 7.99. The molecule has 258 valence electrons. The lowest BCUT2D eigenvalue weighted by molar-refractivity contribution is -0.140. The SMILES string of the molecule is CCCC[C@H](NC(=O)C(CC(=O)N1CCOCC1)Cc1ccccc1)C(=O)N[C@@H](CC1CCCCC1)[C@@H](O)CCSc1ccccn1. The first-order valence-corrected chi connectivity index (χ1v) is 18.6. The highest BCUT2D eigenvalue weighted by Crippen LogP contribution is 2.29. The lowest BCUT2D eigenvalue weighted by atomic mass is 9.83. The van der Waals surface area contributed by atoms with Crippen molar-refractivity contribution in [1.82, 2.24) is 20.5 Å². The van der Waals surface area contributed by atoms with Crippen molar-refractivity contribution in [3.63, 3.8) is 0 Å². The number of carbonyl (C=O) groups is 3. The molecule has 1 saturated carbocycles. The number of unbranched alkanes of at least 4 members (excludes halogenated alkanes) is 1. The maximum Gasteiger partial charge on any atom is 0.242 e. The molecule has 1 unspecified atom stereocenters. The van der Waals surface area contributed by atoms with Crippen molar-refractivity contribution in [2.75, 3.05) is 32.1 Å². The third-order valence-corrected chi connectivity index (χ3v) is 10.3. The second-order valence-electron chi connectivity index (χ2n) is 13.0. The van der Waals surface area contributed by atoms with Gasteiger partial charge in [-0.3, -0.25) is 14.4 Å². The Balaban J connectivity index is 1.44. The van der Waals surface area contributed by atoms with E-state index in [0.717, 1.165) is 42.7 Å². The summed E-state index contributed by atoms with van der Waals surface area (Å²) in [7, 11) is 0. The number of carbonyl (C=O) groups excluding carboxylic acids is 3.